The molecule has 31 heavy (non-hydrogen) atoms. The van der Waals surface area contributed by atoms with Gasteiger partial charge in [-0.3, -0.25) is 4.79 Å². The van der Waals surface area contributed by atoms with E-state index in [-0.39, 0.29) is 24.3 Å². The standard InChI is InChI=1S/C22H24F3N5O/c1-3-14-6-8-15(9-7-14)18-11-19(22(23,24)25)30-20(28-18)17(13-27-30)21(31)26-12-16-5-4-10-29(16)2/h4-10,13,18-19,28H,3,11-12H2,1-2H3,(H,26,31)/t18-,19+/m0/s1. The summed E-state index contributed by atoms with van der Waals surface area (Å²) in [5, 5.41) is 9.80. The van der Waals surface area contributed by atoms with Gasteiger partial charge in [0.05, 0.1) is 18.8 Å². The molecule has 2 aromatic heterocycles. The number of halogens is 3. The Morgan fingerprint density at radius 2 is 2.00 bits per heavy atom. The van der Waals surface area contributed by atoms with Crippen LogP contribution in [0, 0.1) is 0 Å². The van der Waals surface area contributed by atoms with E-state index in [1.807, 2.05) is 61.1 Å². The lowest BCUT2D eigenvalue weighted by Gasteiger charge is -2.34. The molecule has 0 radical (unpaired) electrons. The Bertz CT molecular complexity index is 1070. The molecule has 4 rings (SSSR count). The van der Waals surface area contributed by atoms with Crippen LogP contribution < -0.4 is 10.6 Å². The molecule has 0 saturated heterocycles. The van der Waals surface area contributed by atoms with Crippen LogP contribution >= 0.6 is 0 Å². The summed E-state index contributed by atoms with van der Waals surface area (Å²) in [6.45, 7) is 2.28. The molecule has 1 aliphatic heterocycles. The van der Waals surface area contributed by atoms with Crippen molar-refractivity contribution >= 4 is 11.7 Å². The molecule has 0 unspecified atom stereocenters. The Morgan fingerprint density at radius 1 is 1.26 bits per heavy atom. The van der Waals surface area contributed by atoms with Gasteiger partial charge in [-0.15, -0.1) is 0 Å². The van der Waals surface area contributed by atoms with E-state index in [4.69, 9.17) is 0 Å². The second kappa shape index (κ2) is 8.13. The van der Waals surface area contributed by atoms with Crippen LogP contribution in [0.3, 0.4) is 0 Å². The summed E-state index contributed by atoms with van der Waals surface area (Å²) in [5.41, 5.74) is 2.83. The Hall–Kier alpha value is -3.23. The SMILES string of the molecule is CCc1ccc([C@@H]2C[C@H](C(F)(F)F)n3ncc(C(=O)NCc4cccn4C)c3N2)cc1. The molecule has 0 fully saturated rings. The van der Waals surface area contributed by atoms with Crippen LogP contribution in [0.2, 0.25) is 0 Å². The van der Waals surface area contributed by atoms with Gasteiger partial charge >= 0.3 is 6.18 Å². The van der Waals surface area contributed by atoms with Crippen molar-refractivity contribution in [2.45, 2.75) is 44.6 Å². The lowest BCUT2D eigenvalue weighted by molar-refractivity contribution is -0.173. The van der Waals surface area contributed by atoms with Gasteiger partial charge in [0.1, 0.15) is 11.4 Å². The highest BCUT2D eigenvalue weighted by Gasteiger charge is 2.47. The predicted octanol–water partition coefficient (Wildman–Crippen LogP) is 4.37. The molecule has 1 amide bonds. The van der Waals surface area contributed by atoms with Gasteiger partial charge in [-0.1, -0.05) is 31.2 Å². The van der Waals surface area contributed by atoms with Crippen molar-refractivity contribution in [1.29, 1.82) is 0 Å². The number of carbonyl (C=O) groups is 1. The summed E-state index contributed by atoms with van der Waals surface area (Å²) in [6.07, 6.45) is -0.783. The lowest BCUT2D eigenvalue weighted by atomic mass is 9.95. The monoisotopic (exact) mass is 431 g/mol. The Morgan fingerprint density at radius 3 is 2.61 bits per heavy atom. The number of nitrogens with zero attached hydrogens (tertiary/aromatic N) is 3. The van der Waals surface area contributed by atoms with E-state index in [9.17, 15) is 18.0 Å². The number of fused-ring (bicyclic) bond motifs is 1. The first-order valence-electron chi connectivity index (χ1n) is 10.2. The van der Waals surface area contributed by atoms with Crippen LogP contribution in [0.4, 0.5) is 19.0 Å². The first-order valence-corrected chi connectivity index (χ1v) is 10.2. The Kier molecular flexibility index (Phi) is 5.51. The van der Waals surface area contributed by atoms with Crippen molar-refractivity contribution in [1.82, 2.24) is 19.7 Å². The van der Waals surface area contributed by atoms with E-state index in [0.717, 1.165) is 27.9 Å². The Labute approximate surface area is 178 Å². The molecule has 2 atom stereocenters. The third-order valence-electron chi connectivity index (χ3n) is 5.75. The highest BCUT2D eigenvalue weighted by Crippen LogP contribution is 2.44. The van der Waals surface area contributed by atoms with Gasteiger partial charge in [-0.25, -0.2) is 4.68 Å². The highest BCUT2D eigenvalue weighted by atomic mass is 19.4. The first kappa shape index (κ1) is 21.0. The fourth-order valence-corrected chi connectivity index (χ4v) is 3.88. The number of hydrogen-bond acceptors (Lipinski definition) is 3. The summed E-state index contributed by atoms with van der Waals surface area (Å²) < 4.78 is 44.2. The average molecular weight is 431 g/mol. The zero-order valence-electron chi connectivity index (χ0n) is 17.3. The van der Waals surface area contributed by atoms with Gasteiger partial charge in [0.15, 0.2) is 6.04 Å². The van der Waals surface area contributed by atoms with Crippen LogP contribution in [0.1, 0.15) is 52.6 Å². The van der Waals surface area contributed by atoms with Crippen molar-refractivity contribution in [2.24, 2.45) is 7.05 Å². The third-order valence-corrected chi connectivity index (χ3v) is 5.75. The number of amides is 1. The largest absolute Gasteiger partial charge is 0.410 e. The van der Waals surface area contributed by atoms with Crippen molar-refractivity contribution in [3.63, 3.8) is 0 Å². The molecule has 6 nitrogen and oxygen atoms in total. The quantitative estimate of drug-likeness (QED) is 0.631. The summed E-state index contributed by atoms with van der Waals surface area (Å²) >= 11 is 0. The second-order valence-electron chi connectivity index (χ2n) is 7.73. The number of alkyl halides is 3. The predicted molar refractivity (Wildman–Crippen MR) is 111 cm³/mol. The van der Waals surface area contributed by atoms with Crippen LogP contribution in [-0.4, -0.2) is 26.4 Å². The Balaban J connectivity index is 1.62. The topological polar surface area (TPSA) is 63.9 Å². The van der Waals surface area contributed by atoms with E-state index in [2.05, 4.69) is 15.7 Å². The highest BCUT2D eigenvalue weighted by molar-refractivity contribution is 5.98. The van der Waals surface area contributed by atoms with E-state index < -0.39 is 24.2 Å². The van der Waals surface area contributed by atoms with Crippen LogP contribution in [-0.2, 0) is 20.0 Å². The summed E-state index contributed by atoms with van der Waals surface area (Å²) in [4.78, 5) is 12.8. The minimum Gasteiger partial charge on any atom is -0.363 e. The maximum Gasteiger partial charge on any atom is 0.410 e. The van der Waals surface area contributed by atoms with Gasteiger partial charge in [0.25, 0.3) is 5.91 Å². The molecule has 0 bridgehead atoms. The molecule has 2 N–H and O–H groups in total. The first-order chi connectivity index (χ1) is 14.8. The van der Waals surface area contributed by atoms with Gasteiger partial charge < -0.3 is 15.2 Å². The molecule has 1 aliphatic rings. The fraction of sp³-hybridized carbons (Fsp3) is 0.364. The minimum absolute atomic E-state index is 0.0857. The van der Waals surface area contributed by atoms with Crippen LogP contribution in [0.25, 0.3) is 0 Å². The molecule has 3 aromatic rings. The third kappa shape index (κ3) is 4.17. The maximum atomic E-state index is 13.8. The minimum atomic E-state index is -4.48. The molecule has 9 heteroatoms. The summed E-state index contributed by atoms with van der Waals surface area (Å²) in [6, 6.07) is 8.83. The van der Waals surface area contributed by atoms with E-state index in [1.54, 1.807) is 0 Å². The summed E-state index contributed by atoms with van der Waals surface area (Å²) in [5.74, 6) is -0.389. The van der Waals surface area contributed by atoms with Gasteiger partial charge in [0.2, 0.25) is 0 Å². The molecule has 0 aliphatic carbocycles. The molecule has 0 saturated carbocycles. The number of aryl methyl sites for hydroxylation is 2. The number of carbonyl (C=O) groups excluding carboxylic acids is 1. The molecular formula is C22H24F3N5O. The molecule has 0 spiro atoms. The lowest BCUT2D eigenvalue weighted by Crippen LogP contribution is -2.36. The van der Waals surface area contributed by atoms with E-state index in [1.165, 1.54) is 6.20 Å². The number of nitrogens with one attached hydrogen (secondary N) is 2. The van der Waals surface area contributed by atoms with Crippen molar-refractivity contribution in [3.8, 4) is 0 Å². The zero-order valence-corrected chi connectivity index (χ0v) is 17.3. The summed E-state index contributed by atoms with van der Waals surface area (Å²) in [7, 11) is 1.85. The molecule has 3 heterocycles. The van der Waals surface area contributed by atoms with Crippen LogP contribution in [0.15, 0.2) is 48.8 Å². The van der Waals surface area contributed by atoms with Gasteiger partial charge in [0, 0.05) is 25.4 Å². The molecule has 1 aromatic carbocycles. The molecule has 164 valence electrons. The van der Waals surface area contributed by atoms with Gasteiger partial charge in [-0.05, 0) is 29.7 Å². The zero-order chi connectivity index (χ0) is 22.2. The van der Waals surface area contributed by atoms with E-state index in [0.29, 0.717) is 0 Å². The second-order valence-corrected chi connectivity index (χ2v) is 7.73. The van der Waals surface area contributed by atoms with Crippen molar-refractivity contribution < 1.29 is 18.0 Å². The van der Waals surface area contributed by atoms with Crippen molar-refractivity contribution in [3.05, 3.63) is 71.2 Å². The normalized spacial score (nSPS) is 18.4. The van der Waals surface area contributed by atoms with E-state index >= 15 is 0 Å². The maximum absolute atomic E-state index is 13.8. The number of aromatic nitrogens is 3. The number of anilines is 1. The average Bonchev–Trinajstić information content (AvgIpc) is 3.36. The molecular weight excluding hydrogens is 407 g/mol. The van der Waals surface area contributed by atoms with Crippen molar-refractivity contribution in [2.75, 3.05) is 5.32 Å². The van der Waals surface area contributed by atoms with Gasteiger partial charge in [-0.2, -0.15) is 18.3 Å². The number of benzene rings is 1. The number of rotatable bonds is 5. The van der Waals surface area contributed by atoms with Crippen LogP contribution in [0.5, 0.6) is 0 Å². The fourth-order valence-electron chi connectivity index (χ4n) is 3.88. The smallest absolute Gasteiger partial charge is 0.363 e. The number of hydrogen-bond donors (Lipinski definition) is 2.